The molecule has 0 aliphatic rings. The molecule has 0 aliphatic heterocycles. The number of esters is 1. The molecule has 146 valence electrons. The van der Waals surface area contributed by atoms with E-state index in [0.717, 1.165) is 5.56 Å². The molecule has 2 amide bonds. The minimum atomic E-state index is -0.722. The number of amides is 2. The molecule has 0 unspecified atom stereocenters. The minimum Gasteiger partial charge on any atom is -0.459 e. The second kappa shape index (κ2) is 8.86. The number of ether oxygens (including phenoxy) is 1. The Morgan fingerprint density at radius 1 is 1.21 bits per heavy atom. The summed E-state index contributed by atoms with van der Waals surface area (Å²) < 4.78 is 10.1. The smallest absolute Gasteiger partial charge is 0.338 e. The van der Waals surface area contributed by atoms with E-state index in [1.165, 1.54) is 35.8 Å². The average molecular weight is 409 g/mol. The molecule has 2 N–H and O–H groups in total. The van der Waals surface area contributed by atoms with Gasteiger partial charge in [-0.05, 0) is 48.2 Å². The van der Waals surface area contributed by atoms with Gasteiger partial charge < -0.3 is 19.8 Å². The standard InChI is InChI=1S/C20H15N3O5S/c1-12-4-5-13(9-15(12)22-18(25)16-3-2-7-27-16)20(26)28-11-17(24)23-19-14(10-21)6-8-29-19/h2-9H,11H2,1H3,(H,22,25)(H,23,24). The summed E-state index contributed by atoms with van der Waals surface area (Å²) in [6.45, 7) is 1.26. The molecule has 0 spiro atoms. The van der Waals surface area contributed by atoms with E-state index in [4.69, 9.17) is 14.4 Å². The zero-order valence-electron chi connectivity index (χ0n) is 15.2. The van der Waals surface area contributed by atoms with E-state index in [2.05, 4.69) is 10.6 Å². The lowest BCUT2D eigenvalue weighted by Gasteiger charge is -2.10. The monoisotopic (exact) mass is 409 g/mol. The van der Waals surface area contributed by atoms with E-state index >= 15 is 0 Å². The van der Waals surface area contributed by atoms with Gasteiger partial charge in [0.2, 0.25) is 0 Å². The van der Waals surface area contributed by atoms with Crippen LogP contribution in [0.1, 0.15) is 32.0 Å². The molecule has 3 rings (SSSR count). The first-order chi connectivity index (χ1) is 14.0. The molecule has 3 aromatic rings. The number of nitriles is 1. The number of furan rings is 1. The first-order valence-electron chi connectivity index (χ1n) is 8.38. The second-order valence-electron chi connectivity index (χ2n) is 5.86. The lowest BCUT2D eigenvalue weighted by molar-refractivity contribution is -0.119. The number of aryl methyl sites for hydroxylation is 1. The van der Waals surface area contributed by atoms with Gasteiger partial charge >= 0.3 is 5.97 Å². The van der Waals surface area contributed by atoms with E-state index in [9.17, 15) is 14.4 Å². The maximum absolute atomic E-state index is 12.3. The van der Waals surface area contributed by atoms with Gasteiger partial charge in [-0.25, -0.2) is 4.79 Å². The number of hydrogen-bond acceptors (Lipinski definition) is 7. The third kappa shape index (κ3) is 4.88. The number of anilines is 2. The van der Waals surface area contributed by atoms with Gasteiger partial charge in [-0.2, -0.15) is 5.26 Å². The number of rotatable bonds is 6. The van der Waals surface area contributed by atoms with Gasteiger partial charge in [0.05, 0.1) is 17.4 Å². The summed E-state index contributed by atoms with van der Waals surface area (Å²) in [7, 11) is 0. The largest absolute Gasteiger partial charge is 0.459 e. The lowest BCUT2D eigenvalue weighted by Crippen LogP contribution is -2.21. The first-order valence-corrected chi connectivity index (χ1v) is 9.26. The van der Waals surface area contributed by atoms with Crippen LogP contribution in [0.4, 0.5) is 10.7 Å². The highest BCUT2D eigenvalue weighted by molar-refractivity contribution is 7.14. The third-order valence-electron chi connectivity index (χ3n) is 3.84. The Bertz CT molecular complexity index is 1100. The minimum absolute atomic E-state index is 0.138. The molecule has 9 heteroatoms. The number of thiophene rings is 1. The molecular formula is C20H15N3O5S. The van der Waals surface area contributed by atoms with E-state index in [-0.39, 0.29) is 11.3 Å². The highest BCUT2D eigenvalue weighted by Gasteiger charge is 2.15. The summed E-state index contributed by atoms with van der Waals surface area (Å²) in [4.78, 5) is 36.4. The number of carbonyl (C=O) groups excluding carboxylic acids is 3. The topological polar surface area (TPSA) is 121 Å². The van der Waals surface area contributed by atoms with Crippen molar-refractivity contribution in [2.75, 3.05) is 17.2 Å². The Morgan fingerprint density at radius 2 is 2.03 bits per heavy atom. The van der Waals surface area contributed by atoms with Crippen LogP contribution in [0.2, 0.25) is 0 Å². The molecule has 8 nitrogen and oxygen atoms in total. The van der Waals surface area contributed by atoms with Crippen molar-refractivity contribution in [1.29, 1.82) is 5.26 Å². The van der Waals surface area contributed by atoms with Crippen molar-refractivity contribution >= 4 is 39.8 Å². The zero-order valence-corrected chi connectivity index (χ0v) is 16.0. The van der Waals surface area contributed by atoms with Crippen LogP contribution in [0.25, 0.3) is 0 Å². The van der Waals surface area contributed by atoms with Crippen LogP contribution in [0.5, 0.6) is 0 Å². The van der Waals surface area contributed by atoms with Gasteiger partial charge in [-0.15, -0.1) is 11.3 Å². The predicted molar refractivity (Wildman–Crippen MR) is 106 cm³/mol. The zero-order chi connectivity index (χ0) is 20.8. The molecule has 0 aliphatic carbocycles. The normalized spacial score (nSPS) is 10.1. The van der Waals surface area contributed by atoms with E-state index < -0.39 is 24.4 Å². The molecule has 0 fully saturated rings. The molecule has 29 heavy (non-hydrogen) atoms. The summed E-state index contributed by atoms with van der Waals surface area (Å²) in [5, 5.41) is 16.2. The Labute approximate surface area is 169 Å². The molecule has 0 radical (unpaired) electrons. The van der Waals surface area contributed by atoms with Crippen molar-refractivity contribution in [1.82, 2.24) is 0 Å². The first kappa shape index (κ1) is 19.9. The van der Waals surface area contributed by atoms with Crippen LogP contribution < -0.4 is 10.6 Å². The van der Waals surface area contributed by atoms with Gasteiger partial charge in [-0.1, -0.05) is 6.07 Å². The van der Waals surface area contributed by atoms with Gasteiger partial charge in [0.1, 0.15) is 11.1 Å². The molecular weight excluding hydrogens is 394 g/mol. The Kier molecular flexibility index (Phi) is 6.06. The van der Waals surface area contributed by atoms with Gasteiger partial charge in [0.15, 0.2) is 12.4 Å². The molecule has 2 aromatic heterocycles. The fraction of sp³-hybridized carbons (Fsp3) is 0.100. The van der Waals surface area contributed by atoms with Crippen LogP contribution in [0.15, 0.2) is 52.5 Å². The molecule has 0 atom stereocenters. The number of nitrogens with one attached hydrogen (secondary N) is 2. The highest BCUT2D eigenvalue weighted by Crippen LogP contribution is 2.22. The summed E-state index contributed by atoms with van der Waals surface area (Å²) >= 11 is 1.20. The Morgan fingerprint density at radius 3 is 2.76 bits per heavy atom. The molecule has 2 heterocycles. The third-order valence-corrected chi connectivity index (χ3v) is 4.67. The number of benzene rings is 1. The fourth-order valence-corrected chi connectivity index (χ4v) is 3.10. The SMILES string of the molecule is Cc1ccc(C(=O)OCC(=O)Nc2sccc2C#N)cc1NC(=O)c1ccco1. The van der Waals surface area contributed by atoms with E-state index in [1.807, 2.05) is 6.07 Å². The van der Waals surface area contributed by atoms with Crippen LogP contribution >= 0.6 is 11.3 Å². The summed E-state index contributed by atoms with van der Waals surface area (Å²) in [6, 6.07) is 11.3. The van der Waals surface area contributed by atoms with Gasteiger partial charge in [0, 0.05) is 5.69 Å². The summed E-state index contributed by atoms with van der Waals surface area (Å²) in [6.07, 6.45) is 1.39. The highest BCUT2D eigenvalue weighted by atomic mass is 32.1. The maximum Gasteiger partial charge on any atom is 0.338 e. The Balaban J connectivity index is 1.61. The van der Waals surface area contributed by atoms with Crippen LogP contribution in [0.3, 0.4) is 0 Å². The predicted octanol–water partition coefficient (Wildman–Crippen LogP) is 3.57. The van der Waals surface area contributed by atoms with Gasteiger partial charge in [0.25, 0.3) is 11.8 Å². The summed E-state index contributed by atoms with van der Waals surface area (Å²) in [5.74, 6) is -1.59. The van der Waals surface area contributed by atoms with Crippen LogP contribution in [-0.4, -0.2) is 24.4 Å². The van der Waals surface area contributed by atoms with E-state index in [0.29, 0.717) is 16.3 Å². The van der Waals surface area contributed by atoms with Crippen molar-refractivity contribution < 1.29 is 23.5 Å². The van der Waals surface area contributed by atoms with Crippen molar-refractivity contribution in [3.63, 3.8) is 0 Å². The lowest BCUT2D eigenvalue weighted by atomic mass is 10.1. The molecule has 1 aromatic carbocycles. The van der Waals surface area contributed by atoms with Gasteiger partial charge in [-0.3, -0.25) is 9.59 Å². The average Bonchev–Trinajstić information content (AvgIpc) is 3.39. The number of carbonyl (C=O) groups is 3. The van der Waals surface area contributed by atoms with Crippen molar-refractivity contribution in [3.8, 4) is 6.07 Å². The molecule has 0 saturated heterocycles. The Hall–Kier alpha value is -3.90. The number of hydrogen-bond donors (Lipinski definition) is 2. The van der Waals surface area contributed by atoms with Crippen molar-refractivity contribution in [2.24, 2.45) is 0 Å². The quantitative estimate of drug-likeness (QED) is 0.600. The maximum atomic E-state index is 12.3. The van der Waals surface area contributed by atoms with Crippen LogP contribution in [0, 0.1) is 18.3 Å². The van der Waals surface area contributed by atoms with E-state index in [1.54, 1.807) is 30.5 Å². The molecule has 0 saturated carbocycles. The fourth-order valence-electron chi connectivity index (χ4n) is 2.35. The summed E-state index contributed by atoms with van der Waals surface area (Å²) in [5.41, 5.74) is 1.67. The second-order valence-corrected chi connectivity index (χ2v) is 6.78. The molecule has 0 bridgehead atoms. The number of nitrogens with zero attached hydrogens (tertiary/aromatic N) is 1. The van der Waals surface area contributed by atoms with Crippen molar-refractivity contribution in [3.05, 3.63) is 70.5 Å². The van der Waals surface area contributed by atoms with Crippen molar-refractivity contribution in [2.45, 2.75) is 6.92 Å². The van der Waals surface area contributed by atoms with Crippen LogP contribution in [-0.2, 0) is 9.53 Å².